The summed E-state index contributed by atoms with van der Waals surface area (Å²) < 4.78 is 37.4. The highest BCUT2D eigenvalue weighted by Gasteiger charge is 2.20. The van der Waals surface area contributed by atoms with E-state index < -0.39 is 22.0 Å². The average molecular weight is 397 g/mol. The zero-order valence-corrected chi connectivity index (χ0v) is 16.2. The molecule has 0 unspecified atom stereocenters. The van der Waals surface area contributed by atoms with Crippen molar-refractivity contribution in [2.45, 2.75) is 25.0 Å². The highest BCUT2D eigenvalue weighted by atomic mass is 32.2. The molecule has 1 heterocycles. The van der Waals surface area contributed by atoms with E-state index in [0.29, 0.717) is 0 Å². The maximum atomic E-state index is 12.5. The van der Waals surface area contributed by atoms with Crippen LogP contribution >= 0.6 is 11.3 Å². The van der Waals surface area contributed by atoms with Crippen LogP contribution in [0.5, 0.6) is 0 Å². The number of sulfonamides is 1. The molecule has 0 aliphatic heterocycles. The van der Waals surface area contributed by atoms with Crippen molar-refractivity contribution in [1.29, 1.82) is 0 Å². The monoisotopic (exact) mass is 397 g/mol. The summed E-state index contributed by atoms with van der Waals surface area (Å²) >= 11 is 1.12. The van der Waals surface area contributed by atoms with Crippen LogP contribution in [0.2, 0.25) is 0 Å². The van der Waals surface area contributed by atoms with E-state index in [0.717, 1.165) is 16.2 Å². The van der Waals surface area contributed by atoms with Crippen molar-refractivity contribution >= 4 is 39.0 Å². The van der Waals surface area contributed by atoms with E-state index in [9.17, 15) is 18.0 Å². The molecule has 9 heteroatoms. The van der Waals surface area contributed by atoms with E-state index in [-0.39, 0.29) is 34.2 Å². The van der Waals surface area contributed by atoms with Gasteiger partial charge in [0.05, 0.1) is 30.0 Å². The average Bonchev–Trinajstić information content (AvgIpc) is 3.02. The van der Waals surface area contributed by atoms with Crippen LogP contribution in [0, 0.1) is 6.92 Å². The van der Waals surface area contributed by atoms with Gasteiger partial charge in [0, 0.05) is 4.88 Å². The number of hydrogen-bond acceptors (Lipinski definition) is 7. The van der Waals surface area contributed by atoms with Crippen molar-refractivity contribution in [2.75, 3.05) is 17.9 Å². The molecular weight excluding hydrogens is 378 g/mol. The largest absolute Gasteiger partial charge is 0.462 e. The molecule has 0 aliphatic carbocycles. The van der Waals surface area contributed by atoms with Gasteiger partial charge < -0.3 is 9.47 Å². The third kappa shape index (κ3) is 4.83. The Morgan fingerprint density at radius 1 is 1.00 bits per heavy atom. The molecule has 140 valence electrons. The fourth-order valence-corrected chi connectivity index (χ4v) is 4.44. The van der Waals surface area contributed by atoms with E-state index in [4.69, 9.17) is 9.47 Å². The molecule has 26 heavy (non-hydrogen) atoms. The maximum Gasteiger partial charge on any atom is 0.338 e. The number of anilines is 1. The molecule has 2 aromatic rings. The number of carbonyl (C=O) groups is 2. The smallest absolute Gasteiger partial charge is 0.338 e. The first-order valence-corrected chi connectivity index (χ1v) is 10.2. The number of benzene rings is 1. The number of nitrogens with one attached hydrogen (secondary N) is 1. The lowest BCUT2D eigenvalue weighted by Crippen LogP contribution is -2.14. The van der Waals surface area contributed by atoms with Gasteiger partial charge in [-0.25, -0.2) is 18.0 Å². The molecule has 1 aromatic heterocycles. The quantitative estimate of drug-likeness (QED) is 0.720. The van der Waals surface area contributed by atoms with E-state index >= 15 is 0 Å². The Bertz CT molecular complexity index is 881. The van der Waals surface area contributed by atoms with Crippen LogP contribution in [0.4, 0.5) is 5.69 Å². The number of carbonyl (C=O) groups excluding carboxylic acids is 2. The number of ether oxygens (including phenoxy) is 2. The Labute approximate surface area is 156 Å². The van der Waals surface area contributed by atoms with Gasteiger partial charge in [0.1, 0.15) is 4.21 Å². The standard InChI is InChI=1S/C17H19NO6S2/c1-4-23-16(19)12-8-13(17(20)24-5-2)10-14(9-12)18-26(21,22)15-7-6-11(3)25-15/h6-10,18H,4-5H2,1-3H3. The number of esters is 2. The van der Waals surface area contributed by atoms with Gasteiger partial charge >= 0.3 is 11.9 Å². The van der Waals surface area contributed by atoms with Crippen molar-refractivity contribution in [3.8, 4) is 0 Å². The Balaban J connectivity index is 2.43. The Morgan fingerprint density at radius 3 is 1.96 bits per heavy atom. The zero-order chi connectivity index (χ0) is 19.3. The SMILES string of the molecule is CCOC(=O)c1cc(NS(=O)(=O)c2ccc(C)s2)cc(C(=O)OCC)c1. The first kappa shape index (κ1) is 19.9. The first-order valence-electron chi connectivity index (χ1n) is 7.85. The lowest BCUT2D eigenvalue weighted by molar-refractivity contribution is 0.0525. The summed E-state index contributed by atoms with van der Waals surface area (Å²) in [6.07, 6.45) is 0. The number of thiophene rings is 1. The van der Waals surface area contributed by atoms with Crippen molar-refractivity contribution < 1.29 is 27.5 Å². The molecule has 0 bridgehead atoms. The molecule has 2 rings (SSSR count). The molecule has 1 N–H and O–H groups in total. The topological polar surface area (TPSA) is 98.8 Å². The molecule has 0 aliphatic rings. The van der Waals surface area contributed by atoms with Gasteiger partial charge in [-0.15, -0.1) is 11.3 Å². The van der Waals surface area contributed by atoms with Crippen LogP contribution in [0.25, 0.3) is 0 Å². The summed E-state index contributed by atoms with van der Waals surface area (Å²) in [4.78, 5) is 24.9. The van der Waals surface area contributed by atoms with Gasteiger partial charge in [0.15, 0.2) is 0 Å². The summed E-state index contributed by atoms with van der Waals surface area (Å²) in [5.74, 6) is -1.32. The number of rotatable bonds is 7. The second-order valence-corrected chi connectivity index (χ2v) is 8.41. The van der Waals surface area contributed by atoms with Crippen LogP contribution in [0.15, 0.2) is 34.5 Å². The highest BCUT2D eigenvalue weighted by molar-refractivity contribution is 7.94. The lowest BCUT2D eigenvalue weighted by atomic mass is 10.1. The fourth-order valence-electron chi connectivity index (χ4n) is 2.11. The maximum absolute atomic E-state index is 12.5. The van der Waals surface area contributed by atoms with Crippen LogP contribution < -0.4 is 4.72 Å². The predicted molar refractivity (Wildman–Crippen MR) is 98.2 cm³/mol. The minimum Gasteiger partial charge on any atom is -0.462 e. The zero-order valence-electron chi connectivity index (χ0n) is 14.6. The highest BCUT2D eigenvalue weighted by Crippen LogP contribution is 2.25. The van der Waals surface area contributed by atoms with Crippen molar-refractivity contribution in [2.24, 2.45) is 0 Å². The summed E-state index contributed by atoms with van der Waals surface area (Å²) in [6.45, 7) is 5.39. The molecule has 0 spiro atoms. The van der Waals surface area contributed by atoms with Crippen LogP contribution in [-0.4, -0.2) is 33.6 Å². The van der Waals surface area contributed by atoms with Crippen molar-refractivity contribution in [1.82, 2.24) is 0 Å². The molecule has 0 saturated carbocycles. The molecule has 0 radical (unpaired) electrons. The van der Waals surface area contributed by atoms with E-state index in [2.05, 4.69) is 4.72 Å². The van der Waals surface area contributed by atoms with E-state index in [1.807, 2.05) is 0 Å². The summed E-state index contributed by atoms with van der Waals surface area (Å²) in [7, 11) is -3.84. The Kier molecular flexibility index (Phi) is 6.38. The van der Waals surface area contributed by atoms with E-state index in [1.54, 1.807) is 26.8 Å². The first-order chi connectivity index (χ1) is 12.3. The van der Waals surface area contributed by atoms with Crippen LogP contribution in [0.3, 0.4) is 0 Å². The Morgan fingerprint density at radius 2 is 1.54 bits per heavy atom. The van der Waals surface area contributed by atoms with Gasteiger partial charge in [0.2, 0.25) is 0 Å². The van der Waals surface area contributed by atoms with Gasteiger partial charge in [0.25, 0.3) is 10.0 Å². The number of hydrogen-bond donors (Lipinski definition) is 1. The second-order valence-electron chi connectivity index (χ2n) is 5.21. The normalized spacial score (nSPS) is 11.0. The molecule has 1 aromatic carbocycles. The Hall–Kier alpha value is -2.39. The second kappa shape index (κ2) is 8.33. The summed E-state index contributed by atoms with van der Waals surface area (Å²) in [6, 6.07) is 7.13. The van der Waals surface area contributed by atoms with Crippen molar-refractivity contribution in [3.63, 3.8) is 0 Å². The number of aryl methyl sites for hydroxylation is 1. The fraction of sp³-hybridized carbons (Fsp3) is 0.294. The van der Waals surface area contributed by atoms with Gasteiger partial charge in [-0.1, -0.05) is 0 Å². The third-order valence-corrected chi connectivity index (χ3v) is 6.06. The molecule has 7 nitrogen and oxygen atoms in total. The van der Waals surface area contributed by atoms with Gasteiger partial charge in [-0.2, -0.15) is 0 Å². The predicted octanol–water partition coefficient (Wildman–Crippen LogP) is 3.21. The van der Waals surface area contributed by atoms with Crippen molar-refractivity contribution in [3.05, 3.63) is 46.3 Å². The van der Waals surface area contributed by atoms with Gasteiger partial charge in [-0.05, 0) is 51.1 Å². The van der Waals surface area contributed by atoms with Gasteiger partial charge in [-0.3, -0.25) is 4.72 Å². The minimum absolute atomic E-state index is 0.0532. The molecule has 0 amide bonds. The molecule has 0 fully saturated rings. The van der Waals surface area contributed by atoms with Crippen LogP contribution in [0.1, 0.15) is 39.4 Å². The lowest BCUT2D eigenvalue weighted by Gasteiger charge is -2.11. The molecule has 0 atom stereocenters. The van der Waals surface area contributed by atoms with Crippen LogP contribution in [-0.2, 0) is 19.5 Å². The molecular formula is C17H19NO6S2. The van der Waals surface area contributed by atoms with E-state index in [1.165, 1.54) is 24.3 Å². The minimum atomic E-state index is -3.84. The summed E-state index contributed by atoms with van der Waals surface area (Å²) in [5, 5.41) is 0. The summed E-state index contributed by atoms with van der Waals surface area (Å²) in [5.41, 5.74) is 0.180. The molecule has 0 saturated heterocycles. The third-order valence-electron chi connectivity index (χ3n) is 3.19.